The fraction of sp³-hybridized carbons (Fsp3) is 0.583. The molecule has 0 atom stereocenters. The zero-order valence-electron chi connectivity index (χ0n) is 9.66. The van der Waals surface area contributed by atoms with Crippen LogP contribution < -0.4 is 5.32 Å². The van der Waals surface area contributed by atoms with E-state index in [0.29, 0.717) is 18.2 Å². The van der Waals surface area contributed by atoms with Gasteiger partial charge in [0.2, 0.25) is 0 Å². The van der Waals surface area contributed by atoms with Crippen LogP contribution in [0, 0.1) is 5.92 Å². The Kier molecular flexibility index (Phi) is 3.29. The van der Waals surface area contributed by atoms with Gasteiger partial charge < -0.3 is 14.5 Å². The Bertz CT molecular complexity index is 366. The van der Waals surface area contributed by atoms with Gasteiger partial charge in [0, 0.05) is 6.04 Å². The minimum absolute atomic E-state index is 0.354. The maximum Gasteiger partial charge on any atom is 0.341 e. The van der Waals surface area contributed by atoms with Crippen molar-refractivity contribution in [2.45, 2.75) is 32.4 Å². The monoisotopic (exact) mass is 223 g/mol. The van der Waals surface area contributed by atoms with Gasteiger partial charge in [0.1, 0.15) is 12.0 Å². The number of rotatable bonds is 4. The lowest BCUT2D eigenvalue weighted by Gasteiger charge is -2.33. The fourth-order valence-corrected chi connectivity index (χ4v) is 2.01. The lowest BCUT2D eigenvalue weighted by molar-refractivity contribution is 0.0600. The number of carbonyl (C=O) groups is 1. The van der Waals surface area contributed by atoms with E-state index in [1.807, 2.05) is 0 Å². The molecule has 1 aromatic rings. The summed E-state index contributed by atoms with van der Waals surface area (Å²) in [7, 11) is 1.36. The first-order chi connectivity index (χ1) is 7.69. The molecule has 0 bridgehead atoms. The van der Waals surface area contributed by atoms with Crippen molar-refractivity contribution in [3.8, 4) is 0 Å². The number of ether oxygens (including phenoxy) is 1. The smallest absolute Gasteiger partial charge is 0.341 e. The molecule has 4 heteroatoms. The number of hydrogen-bond donors (Lipinski definition) is 1. The molecule has 1 aliphatic rings. The third-order valence-electron chi connectivity index (χ3n) is 3.01. The lowest BCUT2D eigenvalue weighted by Crippen LogP contribution is -2.39. The van der Waals surface area contributed by atoms with Crippen molar-refractivity contribution in [1.82, 2.24) is 5.32 Å². The molecule has 0 aliphatic heterocycles. The molecule has 1 saturated carbocycles. The van der Waals surface area contributed by atoms with Crippen LogP contribution in [0.2, 0.25) is 0 Å². The Morgan fingerprint density at radius 3 is 3.00 bits per heavy atom. The molecule has 1 fully saturated rings. The Morgan fingerprint density at radius 2 is 2.38 bits per heavy atom. The van der Waals surface area contributed by atoms with Gasteiger partial charge in [-0.15, -0.1) is 0 Å². The lowest BCUT2D eigenvalue weighted by atomic mass is 9.82. The molecule has 1 aliphatic carbocycles. The summed E-state index contributed by atoms with van der Waals surface area (Å²) in [6, 6.07) is 2.32. The number of carbonyl (C=O) groups excluding carboxylic acids is 1. The summed E-state index contributed by atoms with van der Waals surface area (Å²) in [6.07, 6.45) is 3.89. The number of methoxy groups -OCH3 is 1. The highest BCUT2D eigenvalue weighted by molar-refractivity contribution is 5.88. The average molecular weight is 223 g/mol. The summed E-state index contributed by atoms with van der Waals surface area (Å²) in [6.45, 7) is 2.93. The van der Waals surface area contributed by atoms with E-state index in [4.69, 9.17) is 4.42 Å². The van der Waals surface area contributed by atoms with Crippen LogP contribution in [0.1, 0.15) is 35.9 Å². The predicted molar refractivity (Wildman–Crippen MR) is 59.1 cm³/mol. The highest BCUT2D eigenvalue weighted by Crippen LogP contribution is 2.26. The van der Waals surface area contributed by atoms with Gasteiger partial charge in [-0.1, -0.05) is 6.92 Å². The van der Waals surface area contributed by atoms with Gasteiger partial charge in [0.15, 0.2) is 0 Å². The zero-order chi connectivity index (χ0) is 11.5. The van der Waals surface area contributed by atoms with E-state index >= 15 is 0 Å². The van der Waals surface area contributed by atoms with Crippen LogP contribution in [-0.2, 0) is 11.3 Å². The fourth-order valence-electron chi connectivity index (χ4n) is 2.01. The quantitative estimate of drug-likeness (QED) is 0.793. The SMILES string of the molecule is COC(=O)c1coc(CNC2CC(C)C2)c1. The number of hydrogen-bond acceptors (Lipinski definition) is 4. The molecule has 0 unspecified atom stereocenters. The highest BCUT2D eigenvalue weighted by atomic mass is 16.5. The maximum absolute atomic E-state index is 11.2. The van der Waals surface area contributed by atoms with Crippen LogP contribution in [0.15, 0.2) is 16.7 Å². The van der Waals surface area contributed by atoms with E-state index in [2.05, 4.69) is 17.0 Å². The largest absolute Gasteiger partial charge is 0.467 e. The maximum atomic E-state index is 11.2. The normalized spacial score (nSPS) is 23.9. The van der Waals surface area contributed by atoms with E-state index in [0.717, 1.165) is 11.7 Å². The molecular weight excluding hydrogens is 206 g/mol. The van der Waals surface area contributed by atoms with Crippen molar-refractivity contribution < 1.29 is 13.9 Å². The second kappa shape index (κ2) is 4.70. The minimum atomic E-state index is -0.354. The van der Waals surface area contributed by atoms with Crippen LogP contribution in [0.25, 0.3) is 0 Å². The molecule has 0 amide bonds. The van der Waals surface area contributed by atoms with Crippen LogP contribution in [0.4, 0.5) is 0 Å². The predicted octanol–water partition coefficient (Wildman–Crippen LogP) is 1.95. The van der Waals surface area contributed by atoms with Crippen LogP contribution >= 0.6 is 0 Å². The summed E-state index contributed by atoms with van der Waals surface area (Å²) in [5.41, 5.74) is 0.473. The van der Waals surface area contributed by atoms with Crippen LogP contribution in [0.3, 0.4) is 0 Å². The Labute approximate surface area is 95.0 Å². The first-order valence-corrected chi connectivity index (χ1v) is 5.58. The average Bonchev–Trinajstić information content (AvgIpc) is 2.70. The molecule has 0 spiro atoms. The van der Waals surface area contributed by atoms with Gasteiger partial charge in [0.05, 0.1) is 19.2 Å². The first-order valence-electron chi connectivity index (χ1n) is 5.58. The van der Waals surface area contributed by atoms with E-state index < -0.39 is 0 Å². The van der Waals surface area contributed by atoms with Crippen molar-refractivity contribution in [2.75, 3.05) is 7.11 Å². The van der Waals surface area contributed by atoms with Crippen molar-refractivity contribution in [3.63, 3.8) is 0 Å². The number of furan rings is 1. The topological polar surface area (TPSA) is 51.5 Å². The summed E-state index contributed by atoms with van der Waals surface area (Å²) in [4.78, 5) is 11.2. The third kappa shape index (κ3) is 2.44. The Morgan fingerprint density at radius 1 is 1.62 bits per heavy atom. The second-order valence-electron chi connectivity index (χ2n) is 4.45. The standard InChI is InChI=1S/C12H17NO3/c1-8-3-10(4-8)13-6-11-5-9(7-16-11)12(14)15-2/h5,7-8,10,13H,3-4,6H2,1-2H3. The van der Waals surface area contributed by atoms with Crippen molar-refractivity contribution in [1.29, 1.82) is 0 Å². The number of nitrogens with one attached hydrogen (secondary N) is 1. The van der Waals surface area contributed by atoms with Gasteiger partial charge in [-0.05, 0) is 24.8 Å². The third-order valence-corrected chi connectivity index (χ3v) is 3.01. The molecular formula is C12H17NO3. The Hall–Kier alpha value is -1.29. The van der Waals surface area contributed by atoms with Crippen molar-refractivity contribution >= 4 is 5.97 Å². The molecule has 1 aromatic heterocycles. The summed E-state index contributed by atoms with van der Waals surface area (Å²) in [5.74, 6) is 1.26. The highest BCUT2D eigenvalue weighted by Gasteiger charge is 2.24. The number of esters is 1. The summed E-state index contributed by atoms with van der Waals surface area (Å²) < 4.78 is 9.87. The molecule has 88 valence electrons. The van der Waals surface area contributed by atoms with Crippen LogP contribution in [-0.4, -0.2) is 19.1 Å². The van der Waals surface area contributed by atoms with Crippen molar-refractivity contribution in [3.05, 3.63) is 23.7 Å². The molecule has 1 heterocycles. The van der Waals surface area contributed by atoms with Gasteiger partial charge >= 0.3 is 5.97 Å². The molecule has 0 aromatic carbocycles. The van der Waals surface area contributed by atoms with Gasteiger partial charge in [-0.25, -0.2) is 4.79 Å². The zero-order valence-corrected chi connectivity index (χ0v) is 9.66. The molecule has 2 rings (SSSR count). The molecule has 4 nitrogen and oxygen atoms in total. The van der Waals surface area contributed by atoms with E-state index in [1.54, 1.807) is 6.07 Å². The first kappa shape index (κ1) is 11.2. The molecule has 0 radical (unpaired) electrons. The van der Waals surface area contributed by atoms with E-state index in [-0.39, 0.29) is 5.97 Å². The van der Waals surface area contributed by atoms with Gasteiger partial charge in [-0.3, -0.25) is 0 Å². The minimum Gasteiger partial charge on any atom is -0.467 e. The Balaban J connectivity index is 1.81. The summed E-state index contributed by atoms with van der Waals surface area (Å²) >= 11 is 0. The van der Waals surface area contributed by atoms with E-state index in [1.165, 1.54) is 26.2 Å². The molecule has 0 saturated heterocycles. The van der Waals surface area contributed by atoms with E-state index in [9.17, 15) is 4.79 Å². The molecule has 16 heavy (non-hydrogen) atoms. The van der Waals surface area contributed by atoms with Crippen molar-refractivity contribution in [2.24, 2.45) is 5.92 Å². The summed E-state index contributed by atoms with van der Waals surface area (Å²) in [5, 5.41) is 3.39. The second-order valence-corrected chi connectivity index (χ2v) is 4.45. The van der Waals surface area contributed by atoms with Gasteiger partial charge in [0.25, 0.3) is 0 Å². The van der Waals surface area contributed by atoms with Gasteiger partial charge in [-0.2, -0.15) is 0 Å². The molecule has 1 N–H and O–H groups in total. The van der Waals surface area contributed by atoms with Crippen LogP contribution in [0.5, 0.6) is 0 Å².